The summed E-state index contributed by atoms with van der Waals surface area (Å²) in [6, 6.07) is 18.7. The molecule has 0 spiro atoms. The molecule has 1 unspecified atom stereocenters. The largest absolute Gasteiger partial charge is 0.491 e. The van der Waals surface area contributed by atoms with E-state index in [2.05, 4.69) is 30.4 Å². The van der Waals surface area contributed by atoms with E-state index in [1.54, 1.807) is 0 Å². The molecular formula is C18H16N2O. The molecule has 3 nitrogen and oxygen atoms in total. The fourth-order valence-electron chi connectivity index (χ4n) is 2.81. The van der Waals surface area contributed by atoms with Crippen molar-refractivity contribution in [2.75, 3.05) is 11.9 Å². The molecular weight excluding hydrogens is 260 g/mol. The molecule has 0 saturated heterocycles. The van der Waals surface area contributed by atoms with Crippen LogP contribution >= 0.6 is 0 Å². The summed E-state index contributed by atoms with van der Waals surface area (Å²) in [5, 5.41) is 4.69. The number of hydrogen-bond donors (Lipinski definition) is 1. The number of aryl methyl sites for hydroxylation is 1. The van der Waals surface area contributed by atoms with Gasteiger partial charge in [0.05, 0.1) is 11.6 Å². The van der Waals surface area contributed by atoms with Gasteiger partial charge in [-0.3, -0.25) is 0 Å². The molecule has 0 saturated carbocycles. The number of hydrogen-bond acceptors (Lipinski definition) is 3. The van der Waals surface area contributed by atoms with E-state index in [1.165, 1.54) is 10.9 Å². The third-order valence-corrected chi connectivity index (χ3v) is 3.93. The first-order chi connectivity index (χ1) is 10.3. The number of anilines is 1. The molecule has 0 aliphatic carbocycles. The van der Waals surface area contributed by atoms with Crippen LogP contribution in [0.25, 0.3) is 10.9 Å². The molecule has 21 heavy (non-hydrogen) atoms. The highest BCUT2D eigenvalue weighted by atomic mass is 16.5. The Bertz CT molecular complexity index is 813. The molecule has 0 radical (unpaired) electrons. The first kappa shape index (κ1) is 12.2. The van der Waals surface area contributed by atoms with Crippen LogP contribution in [-0.4, -0.2) is 11.6 Å². The van der Waals surface area contributed by atoms with Crippen molar-refractivity contribution in [2.45, 2.75) is 13.0 Å². The summed E-state index contributed by atoms with van der Waals surface area (Å²) >= 11 is 0. The fourth-order valence-corrected chi connectivity index (χ4v) is 2.81. The van der Waals surface area contributed by atoms with Gasteiger partial charge in [0.1, 0.15) is 18.2 Å². The number of ether oxygens (including phenoxy) is 1. The molecule has 4 rings (SSSR count). The smallest absolute Gasteiger partial charge is 0.130 e. The van der Waals surface area contributed by atoms with Crippen molar-refractivity contribution in [3.63, 3.8) is 0 Å². The third kappa shape index (κ3) is 2.11. The van der Waals surface area contributed by atoms with Crippen LogP contribution < -0.4 is 10.1 Å². The van der Waals surface area contributed by atoms with Gasteiger partial charge < -0.3 is 10.1 Å². The average molecular weight is 276 g/mol. The summed E-state index contributed by atoms with van der Waals surface area (Å²) in [5.41, 5.74) is 3.36. The lowest BCUT2D eigenvalue weighted by Crippen LogP contribution is -2.13. The lowest BCUT2D eigenvalue weighted by Gasteiger charge is -2.15. The Morgan fingerprint density at radius 2 is 1.90 bits per heavy atom. The maximum absolute atomic E-state index is 5.72. The second kappa shape index (κ2) is 4.77. The summed E-state index contributed by atoms with van der Waals surface area (Å²) in [6.45, 7) is 2.73. The maximum atomic E-state index is 5.72. The van der Waals surface area contributed by atoms with Gasteiger partial charge in [0.2, 0.25) is 0 Å². The van der Waals surface area contributed by atoms with E-state index in [0.29, 0.717) is 6.61 Å². The molecule has 1 atom stereocenters. The molecule has 3 heteroatoms. The number of pyridine rings is 1. The predicted octanol–water partition coefficient (Wildman–Crippen LogP) is 4.09. The second-order valence-corrected chi connectivity index (χ2v) is 5.39. The predicted molar refractivity (Wildman–Crippen MR) is 84.8 cm³/mol. The number of rotatable bonds is 2. The SMILES string of the molecule is Cc1cc2ccccc2nc1NC1COc2ccccc21. The molecule has 0 bridgehead atoms. The second-order valence-electron chi connectivity index (χ2n) is 5.39. The topological polar surface area (TPSA) is 34.2 Å². The molecule has 1 aliphatic rings. The van der Waals surface area contributed by atoms with Crippen LogP contribution in [-0.2, 0) is 0 Å². The Morgan fingerprint density at radius 3 is 2.86 bits per heavy atom. The van der Waals surface area contributed by atoms with E-state index >= 15 is 0 Å². The van der Waals surface area contributed by atoms with E-state index in [-0.39, 0.29) is 6.04 Å². The highest BCUT2D eigenvalue weighted by Crippen LogP contribution is 2.34. The van der Waals surface area contributed by atoms with Crippen LogP contribution in [0.3, 0.4) is 0 Å². The Labute approximate surface area is 123 Å². The Hall–Kier alpha value is -2.55. The van der Waals surface area contributed by atoms with Gasteiger partial charge in [-0.05, 0) is 30.7 Å². The van der Waals surface area contributed by atoms with Crippen LogP contribution in [0.4, 0.5) is 5.82 Å². The maximum Gasteiger partial charge on any atom is 0.130 e. The van der Waals surface area contributed by atoms with Crippen molar-refractivity contribution >= 4 is 16.7 Å². The van der Waals surface area contributed by atoms with Crippen molar-refractivity contribution in [1.29, 1.82) is 0 Å². The molecule has 3 aromatic rings. The Morgan fingerprint density at radius 1 is 1.10 bits per heavy atom. The first-order valence-electron chi connectivity index (χ1n) is 7.16. The summed E-state index contributed by atoms with van der Waals surface area (Å²) in [5.74, 6) is 1.90. The van der Waals surface area contributed by atoms with Crippen molar-refractivity contribution in [2.24, 2.45) is 0 Å². The highest BCUT2D eigenvalue weighted by molar-refractivity contribution is 5.81. The van der Waals surface area contributed by atoms with Gasteiger partial charge in [-0.25, -0.2) is 4.98 Å². The van der Waals surface area contributed by atoms with Crippen LogP contribution in [0, 0.1) is 6.92 Å². The molecule has 104 valence electrons. The number of benzene rings is 2. The first-order valence-corrected chi connectivity index (χ1v) is 7.16. The minimum atomic E-state index is 0.161. The van der Waals surface area contributed by atoms with Crippen molar-refractivity contribution in [1.82, 2.24) is 4.98 Å². The Balaban J connectivity index is 1.70. The molecule has 1 aliphatic heterocycles. The zero-order valence-electron chi connectivity index (χ0n) is 11.8. The quantitative estimate of drug-likeness (QED) is 0.765. The van der Waals surface area contributed by atoms with Crippen LogP contribution in [0.2, 0.25) is 0 Å². The van der Waals surface area contributed by atoms with Crippen LogP contribution in [0.15, 0.2) is 54.6 Å². The lowest BCUT2D eigenvalue weighted by atomic mass is 10.1. The number of nitrogens with one attached hydrogen (secondary N) is 1. The monoisotopic (exact) mass is 276 g/mol. The minimum absolute atomic E-state index is 0.161. The molecule has 1 aromatic heterocycles. The summed E-state index contributed by atoms with van der Waals surface area (Å²) in [4.78, 5) is 4.74. The number of fused-ring (bicyclic) bond motifs is 2. The zero-order valence-corrected chi connectivity index (χ0v) is 11.8. The van der Waals surface area contributed by atoms with Crippen LogP contribution in [0.5, 0.6) is 5.75 Å². The normalized spacial score (nSPS) is 16.5. The Kier molecular flexibility index (Phi) is 2.78. The third-order valence-electron chi connectivity index (χ3n) is 3.93. The number of aromatic nitrogens is 1. The standard InChI is InChI=1S/C18H16N2O/c1-12-10-13-6-2-4-8-15(13)19-18(12)20-16-11-21-17-9-5-3-7-14(16)17/h2-10,16H,11H2,1H3,(H,19,20). The van der Waals surface area contributed by atoms with Gasteiger partial charge >= 0.3 is 0 Å². The van der Waals surface area contributed by atoms with Gasteiger partial charge in [0.15, 0.2) is 0 Å². The minimum Gasteiger partial charge on any atom is -0.491 e. The number of nitrogens with zero attached hydrogens (tertiary/aromatic N) is 1. The summed E-state index contributed by atoms with van der Waals surface area (Å²) in [7, 11) is 0. The molecule has 0 fully saturated rings. The average Bonchev–Trinajstić information content (AvgIpc) is 2.91. The fraction of sp³-hybridized carbons (Fsp3) is 0.167. The van der Waals surface area contributed by atoms with Crippen molar-refractivity contribution < 1.29 is 4.74 Å². The van der Waals surface area contributed by atoms with Gasteiger partial charge in [0.25, 0.3) is 0 Å². The summed E-state index contributed by atoms with van der Waals surface area (Å²) in [6.07, 6.45) is 0. The zero-order chi connectivity index (χ0) is 14.2. The molecule has 2 aromatic carbocycles. The highest BCUT2D eigenvalue weighted by Gasteiger charge is 2.24. The van der Waals surface area contributed by atoms with Gasteiger partial charge in [-0.1, -0.05) is 36.4 Å². The van der Waals surface area contributed by atoms with Gasteiger partial charge in [0, 0.05) is 10.9 Å². The van der Waals surface area contributed by atoms with Gasteiger partial charge in [-0.2, -0.15) is 0 Å². The van der Waals surface area contributed by atoms with Crippen molar-refractivity contribution in [3.8, 4) is 5.75 Å². The molecule has 0 amide bonds. The van der Waals surface area contributed by atoms with E-state index in [9.17, 15) is 0 Å². The summed E-state index contributed by atoms with van der Waals surface area (Å²) < 4.78 is 5.72. The van der Waals surface area contributed by atoms with E-state index < -0.39 is 0 Å². The van der Waals surface area contributed by atoms with Crippen molar-refractivity contribution in [3.05, 3.63) is 65.7 Å². The van der Waals surface area contributed by atoms with E-state index in [4.69, 9.17) is 9.72 Å². The van der Waals surface area contributed by atoms with E-state index in [1.807, 2.05) is 36.4 Å². The van der Waals surface area contributed by atoms with Gasteiger partial charge in [-0.15, -0.1) is 0 Å². The number of para-hydroxylation sites is 2. The molecule has 2 heterocycles. The van der Waals surface area contributed by atoms with E-state index in [0.717, 1.165) is 22.6 Å². The van der Waals surface area contributed by atoms with Crippen LogP contribution in [0.1, 0.15) is 17.2 Å². The lowest BCUT2D eigenvalue weighted by molar-refractivity contribution is 0.339. The molecule has 1 N–H and O–H groups in total.